The third kappa shape index (κ3) is 3.92. The molecule has 0 amide bonds. The molecule has 0 saturated heterocycles. The molecule has 2 N–H and O–H groups in total. The minimum atomic E-state index is -0.437. The van der Waals surface area contributed by atoms with Gasteiger partial charge in [0.05, 0.1) is 4.92 Å². The molecule has 0 aliphatic heterocycles. The van der Waals surface area contributed by atoms with Gasteiger partial charge in [0.15, 0.2) is 0 Å². The quantitative estimate of drug-likeness (QED) is 0.622. The van der Waals surface area contributed by atoms with Crippen molar-refractivity contribution in [2.24, 2.45) is 0 Å². The van der Waals surface area contributed by atoms with Crippen molar-refractivity contribution in [3.05, 3.63) is 52.1 Å². The number of nitro groups is 1. The van der Waals surface area contributed by atoms with Gasteiger partial charge in [0.25, 0.3) is 0 Å². The molecule has 0 aliphatic rings. The molecule has 6 nitrogen and oxygen atoms in total. The summed E-state index contributed by atoms with van der Waals surface area (Å²) in [5, 5.41) is 17.2. The van der Waals surface area contributed by atoms with Crippen molar-refractivity contribution < 1.29 is 4.92 Å². The van der Waals surface area contributed by atoms with Crippen LogP contribution < -0.4 is 10.6 Å². The van der Waals surface area contributed by atoms with Crippen molar-refractivity contribution in [3.8, 4) is 0 Å². The molecule has 0 fully saturated rings. The second-order valence-electron chi connectivity index (χ2n) is 4.74. The Morgan fingerprint density at radius 3 is 2.52 bits per heavy atom. The number of aryl methyl sites for hydroxylation is 1. The molecule has 0 bridgehead atoms. The van der Waals surface area contributed by atoms with E-state index in [1.165, 1.54) is 6.07 Å². The molecule has 21 heavy (non-hydrogen) atoms. The molecule has 0 saturated carbocycles. The first-order chi connectivity index (χ1) is 10.1. The Hall–Kier alpha value is -2.63. The first-order valence-electron chi connectivity index (χ1n) is 6.83. The van der Waals surface area contributed by atoms with Crippen LogP contribution in [0.1, 0.15) is 18.9 Å². The van der Waals surface area contributed by atoms with Gasteiger partial charge in [0.2, 0.25) is 5.82 Å². The third-order valence-corrected chi connectivity index (χ3v) is 2.94. The number of pyridine rings is 1. The Labute approximate surface area is 123 Å². The molecule has 2 rings (SSSR count). The van der Waals surface area contributed by atoms with E-state index in [0.29, 0.717) is 5.82 Å². The minimum absolute atomic E-state index is 0.0439. The van der Waals surface area contributed by atoms with Crippen LogP contribution in [0.25, 0.3) is 0 Å². The molecule has 0 aliphatic carbocycles. The predicted octanol–water partition coefficient (Wildman–Crippen LogP) is 3.86. The lowest BCUT2D eigenvalue weighted by Crippen LogP contribution is -2.05. The molecule has 6 heteroatoms. The molecule has 0 atom stereocenters. The summed E-state index contributed by atoms with van der Waals surface area (Å²) in [6, 6.07) is 10.7. The smallest absolute Gasteiger partial charge is 0.311 e. The van der Waals surface area contributed by atoms with Crippen LogP contribution >= 0.6 is 0 Å². The van der Waals surface area contributed by atoms with Gasteiger partial charge in [-0.15, -0.1) is 0 Å². The lowest BCUT2D eigenvalue weighted by atomic mass is 10.2. The Bertz CT molecular complexity index is 626. The largest absolute Gasteiger partial charge is 0.370 e. The van der Waals surface area contributed by atoms with Crippen LogP contribution in [0, 0.1) is 17.0 Å². The summed E-state index contributed by atoms with van der Waals surface area (Å²) < 4.78 is 0. The van der Waals surface area contributed by atoms with Gasteiger partial charge >= 0.3 is 5.69 Å². The van der Waals surface area contributed by atoms with Gasteiger partial charge in [-0.3, -0.25) is 10.1 Å². The fourth-order valence-corrected chi connectivity index (χ4v) is 1.82. The number of aromatic nitrogens is 1. The number of nitrogens with zero attached hydrogens (tertiary/aromatic N) is 2. The summed E-state index contributed by atoms with van der Waals surface area (Å²) in [4.78, 5) is 14.9. The first kappa shape index (κ1) is 14.8. The number of benzene rings is 1. The monoisotopic (exact) mass is 286 g/mol. The summed E-state index contributed by atoms with van der Waals surface area (Å²) >= 11 is 0. The minimum Gasteiger partial charge on any atom is -0.370 e. The van der Waals surface area contributed by atoms with Crippen molar-refractivity contribution >= 4 is 23.0 Å². The molecular weight excluding hydrogens is 268 g/mol. The van der Waals surface area contributed by atoms with Crippen molar-refractivity contribution in [1.29, 1.82) is 0 Å². The Balaban J connectivity index is 2.29. The van der Waals surface area contributed by atoms with E-state index >= 15 is 0 Å². The Morgan fingerprint density at radius 1 is 1.19 bits per heavy atom. The Morgan fingerprint density at radius 2 is 1.90 bits per heavy atom. The molecule has 110 valence electrons. The van der Waals surface area contributed by atoms with Crippen LogP contribution in [0.15, 0.2) is 36.4 Å². The zero-order valence-electron chi connectivity index (χ0n) is 12.1. The van der Waals surface area contributed by atoms with E-state index < -0.39 is 4.92 Å². The Kier molecular flexibility index (Phi) is 4.71. The van der Waals surface area contributed by atoms with Crippen molar-refractivity contribution in [1.82, 2.24) is 4.98 Å². The highest BCUT2D eigenvalue weighted by Gasteiger charge is 2.16. The molecule has 2 aromatic rings. The van der Waals surface area contributed by atoms with Crippen molar-refractivity contribution in [2.45, 2.75) is 20.3 Å². The predicted molar refractivity (Wildman–Crippen MR) is 84.1 cm³/mol. The maximum atomic E-state index is 11.1. The first-order valence-corrected chi connectivity index (χ1v) is 6.83. The van der Waals surface area contributed by atoms with E-state index in [1.807, 2.05) is 38.1 Å². The van der Waals surface area contributed by atoms with Crippen LogP contribution in [0.2, 0.25) is 0 Å². The van der Waals surface area contributed by atoms with E-state index in [0.717, 1.165) is 24.2 Å². The number of nitrogens with one attached hydrogen (secondary N) is 2. The average Bonchev–Trinajstić information content (AvgIpc) is 2.47. The molecule has 1 aromatic heterocycles. The lowest BCUT2D eigenvalue weighted by Gasteiger charge is -2.09. The third-order valence-electron chi connectivity index (χ3n) is 2.94. The maximum absolute atomic E-state index is 11.1. The zero-order valence-corrected chi connectivity index (χ0v) is 12.1. The fraction of sp³-hybridized carbons (Fsp3) is 0.267. The van der Waals surface area contributed by atoms with Crippen LogP contribution in [0.4, 0.5) is 23.0 Å². The second kappa shape index (κ2) is 6.69. The molecule has 0 unspecified atom stereocenters. The van der Waals surface area contributed by atoms with Gasteiger partial charge in [-0.05, 0) is 31.5 Å². The maximum Gasteiger partial charge on any atom is 0.311 e. The summed E-state index contributed by atoms with van der Waals surface area (Å²) in [5.41, 5.74) is 1.85. The van der Waals surface area contributed by atoms with Gasteiger partial charge < -0.3 is 10.6 Å². The molecule has 0 radical (unpaired) electrons. The van der Waals surface area contributed by atoms with Crippen molar-refractivity contribution in [3.63, 3.8) is 0 Å². The highest BCUT2D eigenvalue weighted by atomic mass is 16.6. The zero-order chi connectivity index (χ0) is 15.2. The van der Waals surface area contributed by atoms with Crippen LogP contribution in [-0.2, 0) is 0 Å². The summed E-state index contributed by atoms with van der Waals surface area (Å²) in [7, 11) is 0. The number of hydrogen-bond donors (Lipinski definition) is 2. The van der Waals surface area contributed by atoms with Gasteiger partial charge in [0, 0.05) is 18.3 Å². The van der Waals surface area contributed by atoms with Crippen LogP contribution in [0.3, 0.4) is 0 Å². The van der Waals surface area contributed by atoms with Gasteiger partial charge in [-0.2, -0.15) is 0 Å². The van der Waals surface area contributed by atoms with E-state index in [-0.39, 0.29) is 11.5 Å². The van der Waals surface area contributed by atoms with E-state index in [2.05, 4.69) is 15.6 Å². The van der Waals surface area contributed by atoms with E-state index in [4.69, 9.17) is 0 Å². The van der Waals surface area contributed by atoms with Gasteiger partial charge in [0.1, 0.15) is 5.82 Å². The normalized spacial score (nSPS) is 10.2. The van der Waals surface area contributed by atoms with Gasteiger partial charge in [-0.25, -0.2) is 4.98 Å². The van der Waals surface area contributed by atoms with E-state index in [9.17, 15) is 10.1 Å². The number of rotatable bonds is 6. The number of hydrogen-bond acceptors (Lipinski definition) is 5. The number of anilines is 3. The van der Waals surface area contributed by atoms with Crippen molar-refractivity contribution in [2.75, 3.05) is 17.2 Å². The standard InChI is InChI=1S/C15H18N4O2/c1-3-10-16-14-9-8-13(19(20)21)15(18-14)17-12-6-4-11(2)5-7-12/h4-9H,3,10H2,1-2H3,(H2,16,17,18). The molecule has 0 spiro atoms. The fourth-order valence-electron chi connectivity index (χ4n) is 1.82. The summed E-state index contributed by atoms with van der Waals surface area (Å²) in [6.45, 7) is 4.80. The molecule has 1 heterocycles. The van der Waals surface area contributed by atoms with Crippen LogP contribution in [0.5, 0.6) is 0 Å². The average molecular weight is 286 g/mol. The molecular formula is C15H18N4O2. The topological polar surface area (TPSA) is 80.1 Å². The summed E-state index contributed by atoms with van der Waals surface area (Å²) in [5.74, 6) is 0.863. The highest BCUT2D eigenvalue weighted by molar-refractivity contribution is 5.67. The summed E-state index contributed by atoms with van der Waals surface area (Å²) in [6.07, 6.45) is 0.958. The SMILES string of the molecule is CCCNc1ccc([N+](=O)[O-])c(Nc2ccc(C)cc2)n1. The van der Waals surface area contributed by atoms with Crippen LogP contribution in [-0.4, -0.2) is 16.5 Å². The lowest BCUT2D eigenvalue weighted by molar-refractivity contribution is -0.384. The highest BCUT2D eigenvalue weighted by Crippen LogP contribution is 2.27. The van der Waals surface area contributed by atoms with E-state index in [1.54, 1.807) is 6.07 Å². The second-order valence-corrected chi connectivity index (χ2v) is 4.74. The molecule has 1 aromatic carbocycles. The van der Waals surface area contributed by atoms with Gasteiger partial charge in [-0.1, -0.05) is 24.6 Å².